The Morgan fingerprint density at radius 3 is 2.80 bits per heavy atom. The van der Waals surface area contributed by atoms with Crippen molar-refractivity contribution in [3.63, 3.8) is 0 Å². The third kappa shape index (κ3) is 1.70. The van der Waals surface area contributed by atoms with Gasteiger partial charge in [-0.25, -0.2) is 0 Å². The van der Waals surface area contributed by atoms with E-state index in [1.165, 1.54) is 12.8 Å². The van der Waals surface area contributed by atoms with Crippen LogP contribution >= 0.6 is 0 Å². The fourth-order valence-electron chi connectivity index (χ4n) is 1.52. The first-order valence-corrected chi connectivity index (χ1v) is 4.23. The lowest BCUT2D eigenvalue weighted by Gasteiger charge is -2.32. The topological polar surface area (TPSA) is 38.0 Å². The fraction of sp³-hybridized carbons (Fsp3) is 1.00. The average Bonchev–Trinajstić information content (AvgIpc) is 1.95. The van der Waals surface area contributed by atoms with Gasteiger partial charge in [0, 0.05) is 18.6 Å². The molecule has 0 radical (unpaired) electrons. The van der Waals surface area contributed by atoms with Crippen LogP contribution in [0.3, 0.4) is 0 Å². The molecule has 0 aromatic heterocycles. The highest BCUT2D eigenvalue weighted by Gasteiger charge is 2.22. The minimum absolute atomic E-state index is 0.378. The van der Waals surface area contributed by atoms with Gasteiger partial charge in [0.1, 0.15) is 0 Å². The summed E-state index contributed by atoms with van der Waals surface area (Å²) in [6, 6.07) is 1.09. The van der Waals surface area contributed by atoms with Gasteiger partial charge in [-0.15, -0.1) is 0 Å². The number of rotatable bonds is 1. The molecular formula is C8H18N2. The molecule has 3 atom stereocenters. The van der Waals surface area contributed by atoms with E-state index in [0.29, 0.717) is 12.0 Å². The van der Waals surface area contributed by atoms with Crippen LogP contribution in [0.4, 0.5) is 0 Å². The molecular weight excluding hydrogens is 124 g/mol. The van der Waals surface area contributed by atoms with E-state index in [4.69, 9.17) is 5.73 Å². The maximum atomic E-state index is 5.83. The molecule has 0 bridgehead atoms. The van der Waals surface area contributed by atoms with Crippen molar-refractivity contribution in [2.45, 2.75) is 38.8 Å². The molecule has 2 nitrogen and oxygen atoms in total. The Labute approximate surface area is 63.2 Å². The van der Waals surface area contributed by atoms with E-state index in [0.717, 1.165) is 12.6 Å². The molecule has 0 aromatic carbocycles. The van der Waals surface area contributed by atoms with Gasteiger partial charge < -0.3 is 11.1 Å². The van der Waals surface area contributed by atoms with Crippen LogP contribution in [0.2, 0.25) is 0 Å². The van der Waals surface area contributed by atoms with E-state index in [1.807, 2.05) is 0 Å². The molecule has 1 heterocycles. The van der Waals surface area contributed by atoms with E-state index in [9.17, 15) is 0 Å². The average molecular weight is 142 g/mol. The maximum absolute atomic E-state index is 5.83. The van der Waals surface area contributed by atoms with Crippen LogP contribution in [-0.4, -0.2) is 18.6 Å². The zero-order valence-corrected chi connectivity index (χ0v) is 6.93. The van der Waals surface area contributed by atoms with Gasteiger partial charge in [0.2, 0.25) is 0 Å². The fourth-order valence-corrected chi connectivity index (χ4v) is 1.52. The monoisotopic (exact) mass is 142 g/mol. The van der Waals surface area contributed by atoms with Crippen molar-refractivity contribution < 1.29 is 0 Å². The van der Waals surface area contributed by atoms with Crippen LogP contribution in [-0.2, 0) is 0 Å². The molecule has 0 spiro atoms. The molecule has 0 aromatic rings. The van der Waals surface area contributed by atoms with Gasteiger partial charge in [0.05, 0.1) is 0 Å². The summed E-state index contributed by atoms with van der Waals surface area (Å²) < 4.78 is 0. The van der Waals surface area contributed by atoms with Crippen LogP contribution < -0.4 is 11.1 Å². The number of piperidine rings is 1. The Hall–Kier alpha value is -0.0800. The van der Waals surface area contributed by atoms with Gasteiger partial charge in [0.15, 0.2) is 0 Å². The molecule has 1 rings (SSSR count). The highest BCUT2D eigenvalue weighted by molar-refractivity contribution is 4.83. The van der Waals surface area contributed by atoms with Gasteiger partial charge >= 0.3 is 0 Å². The number of nitrogens with one attached hydrogen (secondary N) is 1. The lowest BCUT2D eigenvalue weighted by atomic mass is 9.89. The second kappa shape index (κ2) is 3.35. The molecule has 1 fully saturated rings. The summed E-state index contributed by atoms with van der Waals surface area (Å²) in [6.45, 7) is 5.47. The Balaban J connectivity index is 2.33. The largest absolute Gasteiger partial charge is 0.326 e. The van der Waals surface area contributed by atoms with Crippen LogP contribution in [0.5, 0.6) is 0 Å². The zero-order valence-electron chi connectivity index (χ0n) is 6.93. The van der Waals surface area contributed by atoms with E-state index < -0.39 is 0 Å². The van der Waals surface area contributed by atoms with Crippen molar-refractivity contribution in [2.75, 3.05) is 6.54 Å². The van der Waals surface area contributed by atoms with Crippen LogP contribution in [0.15, 0.2) is 0 Å². The smallest absolute Gasteiger partial charge is 0.0191 e. The Morgan fingerprint density at radius 1 is 1.60 bits per heavy atom. The third-order valence-corrected chi connectivity index (χ3v) is 2.52. The van der Waals surface area contributed by atoms with Crippen LogP contribution in [0, 0.1) is 5.92 Å². The Kier molecular flexibility index (Phi) is 2.69. The number of hydrogen-bond acceptors (Lipinski definition) is 2. The number of hydrogen-bond donors (Lipinski definition) is 2. The second-order valence-corrected chi connectivity index (χ2v) is 3.39. The normalized spacial score (nSPS) is 41.7. The molecule has 3 N–H and O–H groups in total. The second-order valence-electron chi connectivity index (χ2n) is 3.39. The minimum Gasteiger partial charge on any atom is -0.326 e. The van der Waals surface area contributed by atoms with Gasteiger partial charge in [0.25, 0.3) is 0 Å². The molecule has 0 amide bonds. The van der Waals surface area contributed by atoms with E-state index >= 15 is 0 Å². The zero-order chi connectivity index (χ0) is 7.56. The van der Waals surface area contributed by atoms with Gasteiger partial charge in [-0.1, -0.05) is 13.8 Å². The Bertz CT molecular complexity index is 103. The standard InChI is InChI=1S/C8H18N2/c1-3-7-4-6(2)8(9)5-10-7/h6-8,10H,3-5,9H2,1-2H3. The molecule has 2 heteroatoms. The lowest BCUT2D eigenvalue weighted by Crippen LogP contribution is -2.49. The van der Waals surface area contributed by atoms with Crippen molar-refractivity contribution in [1.29, 1.82) is 0 Å². The summed E-state index contributed by atoms with van der Waals surface area (Å²) in [6.07, 6.45) is 2.48. The first-order valence-electron chi connectivity index (χ1n) is 4.23. The SMILES string of the molecule is CCC1CC(C)C(N)CN1. The van der Waals surface area contributed by atoms with E-state index in [2.05, 4.69) is 19.2 Å². The summed E-state index contributed by atoms with van der Waals surface area (Å²) in [7, 11) is 0. The minimum atomic E-state index is 0.378. The first kappa shape index (κ1) is 8.02. The maximum Gasteiger partial charge on any atom is 0.0191 e. The Morgan fingerprint density at radius 2 is 2.30 bits per heavy atom. The molecule has 10 heavy (non-hydrogen) atoms. The summed E-state index contributed by atoms with van der Waals surface area (Å²) in [4.78, 5) is 0. The highest BCUT2D eigenvalue weighted by atomic mass is 15.0. The predicted octanol–water partition coefficient (Wildman–Crippen LogP) is 0.722. The van der Waals surface area contributed by atoms with Crippen molar-refractivity contribution >= 4 is 0 Å². The highest BCUT2D eigenvalue weighted by Crippen LogP contribution is 2.15. The van der Waals surface area contributed by atoms with E-state index in [-0.39, 0.29) is 0 Å². The molecule has 3 unspecified atom stereocenters. The molecule has 1 saturated heterocycles. The van der Waals surface area contributed by atoms with Crippen LogP contribution in [0.1, 0.15) is 26.7 Å². The van der Waals surface area contributed by atoms with Crippen molar-refractivity contribution in [3.8, 4) is 0 Å². The predicted molar refractivity (Wildman–Crippen MR) is 43.8 cm³/mol. The van der Waals surface area contributed by atoms with Gasteiger partial charge in [-0.3, -0.25) is 0 Å². The summed E-state index contributed by atoms with van der Waals surface area (Å²) in [5, 5.41) is 3.42. The lowest BCUT2D eigenvalue weighted by molar-refractivity contribution is 0.278. The van der Waals surface area contributed by atoms with E-state index in [1.54, 1.807) is 0 Å². The third-order valence-electron chi connectivity index (χ3n) is 2.52. The van der Waals surface area contributed by atoms with Gasteiger partial charge in [-0.05, 0) is 18.8 Å². The van der Waals surface area contributed by atoms with Crippen molar-refractivity contribution in [3.05, 3.63) is 0 Å². The summed E-state index contributed by atoms with van der Waals surface area (Å²) in [5.41, 5.74) is 5.83. The molecule has 1 aliphatic heterocycles. The van der Waals surface area contributed by atoms with Crippen molar-refractivity contribution in [1.82, 2.24) is 5.32 Å². The van der Waals surface area contributed by atoms with Crippen LogP contribution in [0.25, 0.3) is 0 Å². The number of nitrogens with two attached hydrogens (primary N) is 1. The van der Waals surface area contributed by atoms with Gasteiger partial charge in [-0.2, -0.15) is 0 Å². The molecule has 60 valence electrons. The first-order chi connectivity index (χ1) is 4.74. The van der Waals surface area contributed by atoms with Crippen molar-refractivity contribution in [2.24, 2.45) is 11.7 Å². The molecule has 0 saturated carbocycles. The summed E-state index contributed by atoms with van der Waals surface area (Å²) in [5.74, 6) is 0.700. The molecule has 0 aliphatic carbocycles. The molecule has 1 aliphatic rings. The summed E-state index contributed by atoms with van der Waals surface area (Å²) >= 11 is 0. The quantitative estimate of drug-likeness (QED) is 0.566.